The Bertz CT molecular complexity index is 312. The van der Waals surface area contributed by atoms with Gasteiger partial charge in [0.1, 0.15) is 0 Å². The zero-order valence-corrected chi connectivity index (χ0v) is 9.97. The molecule has 1 aliphatic heterocycles. The Hall–Kier alpha value is -0.860. The number of benzene rings is 1. The molecule has 2 rings (SSSR count). The van der Waals surface area contributed by atoms with Gasteiger partial charge in [0.05, 0.1) is 6.10 Å². The Labute approximate surface area is 97.9 Å². The van der Waals surface area contributed by atoms with Crippen LogP contribution in [0.1, 0.15) is 37.4 Å². The third kappa shape index (κ3) is 2.83. The van der Waals surface area contributed by atoms with Crippen molar-refractivity contribution in [3.8, 4) is 0 Å². The minimum absolute atomic E-state index is 0.313. The van der Waals surface area contributed by atoms with Crippen LogP contribution in [-0.2, 0) is 0 Å². The standard InChI is InChI=1S/C14H21NO/c1-15-10-6-5-9-13(15)11-14(16)12-7-3-2-4-8-12/h2-4,7-8,13-14,16H,5-6,9-11H2,1H3/t13-,14?/m0/s1. The number of piperidine rings is 1. The van der Waals surface area contributed by atoms with Gasteiger partial charge in [0, 0.05) is 6.04 Å². The molecule has 88 valence electrons. The van der Waals surface area contributed by atoms with E-state index in [1.54, 1.807) is 0 Å². The average molecular weight is 219 g/mol. The molecule has 0 aliphatic carbocycles. The summed E-state index contributed by atoms with van der Waals surface area (Å²) in [7, 11) is 2.17. The topological polar surface area (TPSA) is 23.5 Å². The van der Waals surface area contributed by atoms with E-state index in [0.29, 0.717) is 6.04 Å². The lowest BCUT2D eigenvalue weighted by atomic mass is 9.95. The van der Waals surface area contributed by atoms with Crippen LogP contribution >= 0.6 is 0 Å². The summed E-state index contributed by atoms with van der Waals surface area (Å²) in [4.78, 5) is 2.38. The predicted octanol–water partition coefficient (Wildman–Crippen LogP) is 2.59. The van der Waals surface area contributed by atoms with Gasteiger partial charge in [0.25, 0.3) is 0 Å². The Morgan fingerprint density at radius 2 is 2.06 bits per heavy atom. The van der Waals surface area contributed by atoms with Crippen LogP contribution in [0, 0.1) is 0 Å². The third-order valence-electron chi connectivity index (χ3n) is 3.60. The van der Waals surface area contributed by atoms with Crippen molar-refractivity contribution in [2.24, 2.45) is 0 Å². The maximum Gasteiger partial charge on any atom is 0.0805 e. The van der Waals surface area contributed by atoms with Crippen LogP contribution in [0.2, 0.25) is 0 Å². The molecule has 1 fully saturated rings. The number of aliphatic hydroxyl groups excluding tert-OH is 1. The van der Waals surface area contributed by atoms with Crippen molar-refractivity contribution in [1.82, 2.24) is 4.90 Å². The van der Waals surface area contributed by atoms with Gasteiger partial charge in [-0.25, -0.2) is 0 Å². The summed E-state index contributed by atoms with van der Waals surface area (Å²) in [6.45, 7) is 1.17. The maximum atomic E-state index is 10.2. The molecule has 1 unspecified atom stereocenters. The lowest BCUT2D eigenvalue weighted by Crippen LogP contribution is -2.37. The first kappa shape index (κ1) is 11.6. The van der Waals surface area contributed by atoms with Gasteiger partial charge in [0.2, 0.25) is 0 Å². The van der Waals surface area contributed by atoms with Crippen molar-refractivity contribution in [3.05, 3.63) is 35.9 Å². The lowest BCUT2D eigenvalue weighted by molar-refractivity contribution is 0.0944. The fourth-order valence-corrected chi connectivity index (χ4v) is 2.51. The van der Waals surface area contributed by atoms with Crippen molar-refractivity contribution >= 4 is 0 Å². The average Bonchev–Trinajstić information content (AvgIpc) is 2.33. The van der Waals surface area contributed by atoms with Crippen LogP contribution in [0.25, 0.3) is 0 Å². The fraction of sp³-hybridized carbons (Fsp3) is 0.571. The summed E-state index contributed by atoms with van der Waals surface area (Å²) in [6, 6.07) is 10.5. The minimum atomic E-state index is -0.313. The van der Waals surface area contributed by atoms with Crippen LogP contribution in [0.3, 0.4) is 0 Å². The van der Waals surface area contributed by atoms with Gasteiger partial charge in [-0.1, -0.05) is 36.8 Å². The number of aliphatic hydroxyl groups is 1. The van der Waals surface area contributed by atoms with Gasteiger partial charge < -0.3 is 10.0 Å². The van der Waals surface area contributed by atoms with E-state index in [0.717, 1.165) is 12.0 Å². The number of nitrogens with zero attached hydrogens (tertiary/aromatic N) is 1. The molecule has 1 heterocycles. The molecule has 0 bridgehead atoms. The highest BCUT2D eigenvalue weighted by atomic mass is 16.3. The number of hydrogen-bond donors (Lipinski definition) is 1. The second-order valence-electron chi connectivity index (χ2n) is 4.79. The highest BCUT2D eigenvalue weighted by Gasteiger charge is 2.22. The smallest absolute Gasteiger partial charge is 0.0805 e. The molecule has 2 atom stereocenters. The first-order valence-electron chi connectivity index (χ1n) is 6.20. The number of likely N-dealkylation sites (tertiary alicyclic amines) is 1. The molecular formula is C14H21NO. The van der Waals surface area contributed by atoms with E-state index in [1.165, 1.54) is 25.8 Å². The van der Waals surface area contributed by atoms with Crippen molar-refractivity contribution in [3.63, 3.8) is 0 Å². The van der Waals surface area contributed by atoms with Crippen molar-refractivity contribution in [2.75, 3.05) is 13.6 Å². The molecule has 0 amide bonds. The largest absolute Gasteiger partial charge is 0.388 e. The monoisotopic (exact) mass is 219 g/mol. The van der Waals surface area contributed by atoms with E-state index >= 15 is 0 Å². The SMILES string of the molecule is CN1CCCC[C@H]1CC(O)c1ccccc1. The molecule has 0 saturated carbocycles. The van der Waals surface area contributed by atoms with Crippen molar-refractivity contribution < 1.29 is 5.11 Å². The molecule has 0 spiro atoms. The van der Waals surface area contributed by atoms with E-state index < -0.39 is 0 Å². The normalized spacial score (nSPS) is 24.2. The molecule has 1 aromatic rings. The molecule has 1 saturated heterocycles. The summed E-state index contributed by atoms with van der Waals surface area (Å²) in [5, 5.41) is 10.2. The molecule has 2 nitrogen and oxygen atoms in total. The quantitative estimate of drug-likeness (QED) is 0.844. The van der Waals surface area contributed by atoms with Crippen LogP contribution < -0.4 is 0 Å². The van der Waals surface area contributed by atoms with E-state index in [1.807, 2.05) is 30.3 Å². The molecule has 0 aromatic heterocycles. The van der Waals surface area contributed by atoms with E-state index in [2.05, 4.69) is 11.9 Å². The molecule has 1 aliphatic rings. The van der Waals surface area contributed by atoms with Crippen LogP contribution in [-0.4, -0.2) is 29.6 Å². The van der Waals surface area contributed by atoms with Crippen LogP contribution in [0.15, 0.2) is 30.3 Å². The van der Waals surface area contributed by atoms with Gasteiger partial charge in [-0.15, -0.1) is 0 Å². The predicted molar refractivity (Wildman–Crippen MR) is 66.3 cm³/mol. The zero-order chi connectivity index (χ0) is 11.4. The second kappa shape index (κ2) is 5.46. The van der Waals surface area contributed by atoms with Crippen LogP contribution in [0.5, 0.6) is 0 Å². The highest BCUT2D eigenvalue weighted by Crippen LogP contribution is 2.25. The summed E-state index contributed by atoms with van der Waals surface area (Å²) in [6.07, 6.45) is 4.37. The zero-order valence-electron chi connectivity index (χ0n) is 9.97. The van der Waals surface area contributed by atoms with Gasteiger partial charge in [-0.05, 0) is 38.4 Å². The molecule has 1 N–H and O–H groups in total. The molecule has 0 radical (unpaired) electrons. The summed E-state index contributed by atoms with van der Waals surface area (Å²) in [5.41, 5.74) is 1.04. The Balaban J connectivity index is 1.94. The van der Waals surface area contributed by atoms with E-state index in [9.17, 15) is 5.11 Å². The first-order valence-corrected chi connectivity index (χ1v) is 6.20. The minimum Gasteiger partial charge on any atom is -0.388 e. The lowest BCUT2D eigenvalue weighted by Gasteiger charge is -2.33. The molecule has 1 aromatic carbocycles. The highest BCUT2D eigenvalue weighted by molar-refractivity contribution is 5.17. The summed E-state index contributed by atoms with van der Waals surface area (Å²) >= 11 is 0. The summed E-state index contributed by atoms with van der Waals surface area (Å²) in [5.74, 6) is 0. The van der Waals surface area contributed by atoms with Crippen molar-refractivity contribution in [1.29, 1.82) is 0 Å². The van der Waals surface area contributed by atoms with Gasteiger partial charge in [-0.3, -0.25) is 0 Å². The second-order valence-corrected chi connectivity index (χ2v) is 4.79. The van der Waals surface area contributed by atoms with Crippen molar-refractivity contribution in [2.45, 2.75) is 37.8 Å². The van der Waals surface area contributed by atoms with E-state index in [-0.39, 0.29) is 6.10 Å². The van der Waals surface area contributed by atoms with E-state index in [4.69, 9.17) is 0 Å². The molecule has 2 heteroatoms. The van der Waals surface area contributed by atoms with Gasteiger partial charge >= 0.3 is 0 Å². The number of rotatable bonds is 3. The fourth-order valence-electron chi connectivity index (χ4n) is 2.51. The number of hydrogen-bond acceptors (Lipinski definition) is 2. The first-order chi connectivity index (χ1) is 7.77. The Kier molecular flexibility index (Phi) is 3.97. The van der Waals surface area contributed by atoms with Gasteiger partial charge in [-0.2, -0.15) is 0 Å². The van der Waals surface area contributed by atoms with Gasteiger partial charge in [0.15, 0.2) is 0 Å². The Morgan fingerprint density at radius 1 is 1.31 bits per heavy atom. The maximum absolute atomic E-state index is 10.2. The van der Waals surface area contributed by atoms with Crippen LogP contribution in [0.4, 0.5) is 0 Å². The summed E-state index contributed by atoms with van der Waals surface area (Å²) < 4.78 is 0. The molecule has 16 heavy (non-hydrogen) atoms. The Morgan fingerprint density at radius 3 is 2.75 bits per heavy atom. The third-order valence-corrected chi connectivity index (χ3v) is 3.60. The molecular weight excluding hydrogens is 198 g/mol.